The van der Waals surface area contributed by atoms with Crippen LogP contribution >= 0.6 is 0 Å². The molecule has 1 saturated carbocycles. The first-order valence-corrected chi connectivity index (χ1v) is 48.9. The van der Waals surface area contributed by atoms with Crippen LogP contribution in [-0.4, -0.2) is 306 Å². The maximum absolute atomic E-state index is 15.0. The highest BCUT2D eigenvalue weighted by Crippen LogP contribution is 2.41. The van der Waals surface area contributed by atoms with Crippen LogP contribution in [-0.2, 0) is 102 Å². The number of aliphatic hydroxyl groups is 2. The van der Waals surface area contributed by atoms with Crippen LogP contribution in [0, 0.1) is 35.5 Å². The van der Waals surface area contributed by atoms with Crippen LogP contribution < -0.4 is 32.3 Å². The third-order valence-electron chi connectivity index (χ3n) is 27.9. The summed E-state index contributed by atoms with van der Waals surface area (Å²) in [6.07, 6.45) is 17.3. The van der Waals surface area contributed by atoms with Crippen LogP contribution in [0.4, 0.5) is 34.3 Å². The van der Waals surface area contributed by atoms with E-state index in [2.05, 4.69) is 58.4 Å². The largest absolute Gasteiger partial charge is 0.460 e. The number of Topliss-reactive ketones (excluding diaryl/α,β-unsaturated/α-hetero) is 2. The van der Waals surface area contributed by atoms with Gasteiger partial charge < -0.3 is 114 Å². The van der Waals surface area contributed by atoms with E-state index in [-0.39, 0.29) is 105 Å². The van der Waals surface area contributed by atoms with Gasteiger partial charge in [0.25, 0.3) is 23.6 Å². The molecule has 3 saturated heterocycles. The van der Waals surface area contributed by atoms with Gasteiger partial charge in [0.2, 0.25) is 23.6 Å². The predicted octanol–water partition coefficient (Wildman–Crippen LogP) is 9.32. The van der Waals surface area contributed by atoms with Crippen LogP contribution in [0.25, 0.3) is 33.4 Å². The maximum atomic E-state index is 15.0. The Morgan fingerprint density at radius 3 is 2.12 bits per heavy atom. The molecule has 2 bridgehead atoms. The van der Waals surface area contributed by atoms with E-state index in [1.165, 1.54) is 35.0 Å². The van der Waals surface area contributed by atoms with Crippen molar-refractivity contribution in [2.75, 3.05) is 161 Å². The number of amides is 4. The number of ether oxygens (including phenoxy) is 11. The summed E-state index contributed by atoms with van der Waals surface area (Å²) in [6, 6.07) is 10.7. The number of alkyl carbamates (subject to hydrolysis) is 1. The number of carbonyl (C=O) groups excluding carboxylic acids is 7. The number of nitrogen functional groups attached to an aromatic ring is 3. The van der Waals surface area contributed by atoms with Crippen LogP contribution in [0.1, 0.15) is 165 Å². The number of carbonyl (C=O) groups is 7. The summed E-state index contributed by atoms with van der Waals surface area (Å²) >= 11 is 0. The number of ketones is 2. The lowest BCUT2D eigenvalue weighted by atomic mass is 9.78. The van der Waals surface area contributed by atoms with Crippen LogP contribution in [0.3, 0.4) is 0 Å². The van der Waals surface area contributed by atoms with E-state index in [9.17, 15) is 39.0 Å². The molecule has 9 N–H and O–H groups in total. The zero-order chi connectivity index (χ0) is 99.8. The van der Waals surface area contributed by atoms with Crippen molar-refractivity contribution in [1.82, 2.24) is 64.7 Å². The lowest BCUT2D eigenvalue weighted by molar-refractivity contribution is -0.265. The average molecular weight is 1940 g/mol. The van der Waals surface area contributed by atoms with E-state index in [0.717, 1.165) is 22.3 Å². The average Bonchev–Trinajstić information content (AvgIpc) is 1.54. The molecular formula is C101H140N18O21. The Labute approximate surface area is 817 Å². The molecule has 0 radical (unpaired) electrons. The molecule has 39 heteroatoms. The molecule has 2 aromatic carbocycles. The van der Waals surface area contributed by atoms with Crippen molar-refractivity contribution in [3.05, 3.63) is 137 Å². The van der Waals surface area contributed by atoms with Gasteiger partial charge in [-0.2, -0.15) is 15.1 Å². The third kappa shape index (κ3) is 27.3. The first kappa shape index (κ1) is 106. The summed E-state index contributed by atoms with van der Waals surface area (Å²) in [6.45, 7) is 19.8. The molecule has 6 aliphatic rings. The summed E-state index contributed by atoms with van der Waals surface area (Å²) in [5.41, 5.74) is 27.2. The zero-order valence-electron chi connectivity index (χ0n) is 82.7. The predicted molar refractivity (Wildman–Crippen MR) is 522 cm³/mol. The summed E-state index contributed by atoms with van der Waals surface area (Å²) < 4.78 is 73.0. The summed E-state index contributed by atoms with van der Waals surface area (Å²) in [5.74, 6) is -6.57. The number of nitrogens with one attached hydrogen (secondary N) is 1. The number of fused-ring (bicyclic) bond motifs is 6. The standard InChI is InChI=1S/C101H140N18O21/c1-61-18-14-13-15-19-62(2)80(129-9)52-74-26-21-67(7)101(128,140-74)90(123)95(125)118-31-17-16-20-77(118)96(126)137-82(53-81(130-10)63(3)47-66(6)88(122)89(132-12)87(121)65(5)46-61)64(4)48-68-23-27-79(83(50-68)131-11)139-100(127)108-56-70-54-105-98(106-55-70)115-33-35-116(36-34-115)99-107-57-75(91(102)112-99)94(124)114(8)37-39-134-41-43-136-45-44-135-42-40-133-38-30-84(120)117-32-29-71-49-69(22-24-73(71)59-117)58-119-93-85(92(103)109-60-110-93)86(113-119)72-25-28-78-76(51-72)111-97(104)138-78/h13-15,18-19,22,24-25,28,47,49,51,54-55,57,60-61,63-65,67-68,74,77,79-83,88-89,122,128H,16-17,20-21,23,26-27,29-46,48,50,52-53,56,58-59H2,1-12H3,(H2,104,111)(H,108,127)(H2,102,107,112)(H2,103,109,110)/b15-13?,18-14+,62-19?,66-47+/t61-,63-,64-,65-,67-,68+,74+,77+,79-,80+,81-,82+,83-,88-,89+,101-/m1/s1. The topological polar surface area (TPSA) is 489 Å². The fourth-order valence-electron chi connectivity index (χ4n) is 19.6. The number of nitrogens with zero attached hydrogens (tertiary/aromatic N) is 14. The number of oxazole rings is 1. The number of piperidine rings is 1. The van der Waals surface area contributed by atoms with Crippen LogP contribution in [0.15, 0.2) is 113 Å². The molecule has 760 valence electrons. The number of esters is 1. The molecule has 5 aliphatic heterocycles. The SMILES string of the molecule is CO[C@H]1C[C@@H]2CC[C@@H](C)[C@@](O)(O2)C(=O)C(=O)N2CCCC[C@H]2C(=O)O[C@H]([C@H](C)C[C@@H]2CC[C@@H](OC(=O)NCc3cnc(N4CCN(c5ncc(C(=O)N(C)CCOCCOCCOCCOCCC(=O)N6CCc7cc(Cn8nc(-c9ccc%10oc(N)nc%10c9)c9c(N)ncnc98)ccc7C6)c(N)n5)CC4)nc3)[C@H](OC)C2)C[C@@H](OC)[C@H](C)/C=C(\C)[C@@H](O)[C@@H](OC)C(=O)[C@H](C)C[C@H](C)/C=C/C=CC=C1C. The van der Waals surface area contributed by atoms with E-state index in [0.29, 0.717) is 213 Å². The molecule has 4 fully saturated rings. The number of cyclic esters (lactones) is 1. The Morgan fingerprint density at radius 2 is 1.41 bits per heavy atom. The van der Waals surface area contributed by atoms with Gasteiger partial charge in [-0.05, 0) is 148 Å². The van der Waals surface area contributed by atoms with Crippen molar-refractivity contribution in [2.24, 2.45) is 35.5 Å². The van der Waals surface area contributed by atoms with Gasteiger partial charge in [0.05, 0.1) is 95.6 Å². The molecule has 0 spiro atoms. The molecule has 7 aromatic rings. The molecule has 5 aromatic heterocycles. The minimum Gasteiger partial charge on any atom is -0.460 e. The van der Waals surface area contributed by atoms with Crippen molar-refractivity contribution >= 4 is 93.0 Å². The van der Waals surface area contributed by atoms with Crippen molar-refractivity contribution in [2.45, 2.75) is 219 Å². The molecule has 39 nitrogen and oxygen atoms in total. The number of piperazine rings is 1. The second-order valence-corrected chi connectivity index (χ2v) is 37.9. The Kier molecular flexibility index (Phi) is 38.1. The maximum Gasteiger partial charge on any atom is 0.407 e. The second kappa shape index (κ2) is 50.3. The number of hydrogen-bond donors (Lipinski definition) is 6. The first-order chi connectivity index (χ1) is 67.4. The molecule has 10 heterocycles. The van der Waals surface area contributed by atoms with Gasteiger partial charge in [-0.3, -0.25) is 24.0 Å². The molecular weight excluding hydrogens is 1800 g/mol. The molecule has 140 heavy (non-hydrogen) atoms. The van der Waals surface area contributed by atoms with E-state index in [1.54, 1.807) is 60.7 Å². The van der Waals surface area contributed by atoms with Gasteiger partial charge in [-0.25, -0.2) is 39.2 Å². The van der Waals surface area contributed by atoms with E-state index in [4.69, 9.17) is 78.8 Å². The number of benzene rings is 2. The number of methoxy groups -OCH3 is 4. The van der Waals surface area contributed by atoms with Gasteiger partial charge in [0.1, 0.15) is 65.2 Å². The van der Waals surface area contributed by atoms with E-state index >= 15 is 4.79 Å². The Morgan fingerprint density at radius 1 is 0.693 bits per heavy atom. The zero-order valence-corrected chi connectivity index (χ0v) is 82.7. The molecule has 16 atom stereocenters. The highest BCUT2D eigenvalue weighted by molar-refractivity contribution is 6.39. The Bertz CT molecular complexity index is 5490. The number of aromatic nitrogens is 9. The molecule has 4 amide bonds. The number of anilines is 5. The molecule has 13 rings (SSSR count). The molecule has 1 aliphatic carbocycles. The normalized spacial score (nSPS) is 26.1. The minimum absolute atomic E-state index is 0.00109. The fraction of sp³-hybridized carbons (Fsp3) is 0.594. The Balaban J connectivity index is 0.505. The number of allylic oxidation sites excluding steroid dienone is 5. The monoisotopic (exact) mass is 1940 g/mol. The van der Waals surface area contributed by atoms with E-state index < -0.39 is 102 Å². The van der Waals surface area contributed by atoms with Crippen molar-refractivity contribution < 1.29 is 100 Å². The number of aliphatic hydroxyl groups excluding tert-OH is 1. The van der Waals surface area contributed by atoms with Gasteiger partial charge in [0.15, 0.2) is 17.0 Å². The highest BCUT2D eigenvalue weighted by atomic mass is 16.6. The van der Waals surface area contributed by atoms with Crippen molar-refractivity contribution in [1.29, 1.82) is 0 Å². The quantitative estimate of drug-likeness (QED) is 0.0102. The van der Waals surface area contributed by atoms with Crippen LogP contribution in [0.5, 0.6) is 0 Å². The van der Waals surface area contributed by atoms with Crippen molar-refractivity contribution in [3.8, 4) is 11.3 Å². The first-order valence-electron chi connectivity index (χ1n) is 48.9. The number of likely N-dealkylation sites (N-methyl/N-ethyl adjacent to an activating group) is 1. The molecule has 0 unspecified atom stereocenters. The van der Waals surface area contributed by atoms with Gasteiger partial charge in [0, 0.05) is 155 Å². The fourth-order valence-corrected chi connectivity index (χ4v) is 19.6. The van der Waals surface area contributed by atoms with Gasteiger partial charge in [-0.1, -0.05) is 89.3 Å². The second-order valence-electron chi connectivity index (χ2n) is 37.9. The summed E-state index contributed by atoms with van der Waals surface area (Å²) in [4.78, 5) is 139. The van der Waals surface area contributed by atoms with E-state index in [1.807, 2.05) is 103 Å². The summed E-state index contributed by atoms with van der Waals surface area (Å²) in [7, 11) is 7.79. The number of rotatable bonds is 31. The van der Waals surface area contributed by atoms with Crippen molar-refractivity contribution in [3.63, 3.8) is 0 Å². The van der Waals surface area contributed by atoms with Gasteiger partial charge >= 0.3 is 12.1 Å². The lowest BCUT2D eigenvalue weighted by Gasteiger charge is -2.43. The number of hydrogen-bond acceptors (Lipinski definition) is 34. The Hall–Kier alpha value is -11.4. The van der Waals surface area contributed by atoms with Gasteiger partial charge in [-0.15, -0.1) is 0 Å². The highest BCUT2D eigenvalue weighted by Gasteiger charge is 2.54. The minimum atomic E-state index is -2.47. The smallest absolute Gasteiger partial charge is 0.407 e. The van der Waals surface area contributed by atoms with Crippen LogP contribution in [0.2, 0.25) is 0 Å². The third-order valence-corrected chi connectivity index (χ3v) is 27.9. The number of nitrogens with two attached hydrogens (primary N) is 3. The lowest BCUT2D eigenvalue weighted by Crippen LogP contribution is -2.61. The summed E-state index contributed by atoms with van der Waals surface area (Å²) in [5, 5.41) is 32.5.